The number of aryl methyl sites for hydroxylation is 3. The van der Waals surface area contributed by atoms with Gasteiger partial charge in [0.05, 0.1) is 36.2 Å². The highest BCUT2D eigenvalue weighted by Crippen LogP contribution is 2.23. The van der Waals surface area contributed by atoms with E-state index in [1.54, 1.807) is 16.0 Å². The van der Waals surface area contributed by atoms with Crippen molar-refractivity contribution in [2.75, 3.05) is 37.8 Å². The molecule has 5 rings (SSSR count). The maximum Gasteiger partial charge on any atom is 0.320 e. The van der Waals surface area contributed by atoms with E-state index < -0.39 is 0 Å². The molecule has 8 nitrogen and oxygen atoms in total. The average molecular weight is 477 g/mol. The molecule has 0 aliphatic carbocycles. The summed E-state index contributed by atoms with van der Waals surface area (Å²) in [6, 6.07) is 12.6. The molecule has 4 heterocycles. The van der Waals surface area contributed by atoms with Crippen LogP contribution in [0.3, 0.4) is 0 Å². The van der Waals surface area contributed by atoms with Crippen molar-refractivity contribution in [3.8, 4) is 23.1 Å². The molecule has 0 atom stereocenters. The maximum absolute atomic E-state index is 6.03. The van der Waals surface area contributed by atoms with Gasteiger partial charge in [0.1, 0.15) is 5.82 Å². The lowest BCUT2D eigenvalue weighted by molar-refractivity contribution is 0.122. The monoisotopic (exact) mass is 476 g/mol. The van der Waals surface area contributed by atoms with Crippen LogP contribution in [-0.2, 0) is 11.2 Å². The van der Waals surface area contributed by atoms with E-state index in [-0.39, 0.29) is 0 Å². The topological polar surface area (TPSA) is 78.2 Å². The first-order valence-electron chi connectivity index (χ1n) is 11.5. The molecule has 0 spiro atoms. The van der Waals surface area contributed by atoms with Crippen LogP contribution in [0.1, 0.15) is 21.1 Å². The van der Waals surface area contributed by atoms with Crippen LogP contribution in [-0.4, -0.2) is 57.6 Å². The zero-order valence-electron chi connectivity index (χ0n) is 19.7. The molecule has 9 heteroatoms. The van der Waals surface area contributed by atoms with Gasteiger partial charge < -0.3 is 14.4 Å². The molecule has 1 fully saturated rings. The Labute approximate surface area is 203 Å². The first kappa shape index (κ1) is 22.5. The highest BCUT2D eigenvalue weighted by Gasteiger charge is 2.17. The lowest BCUT2D eigenvalue weighted by Gasteiger charge is -2.28. The van der Waals surface area contributed by atoms with E-state index in [1.807, 2.05) is 38.2 Å². The molecule has 0 bridgehead atoms. The van der Waals surface area contributed by atoms with Gasteiger partial charge in [0.25, 0.3) is 0 Å². The number of hydrogen-bond acceptors (Lipinski definition) is 8. The summed E-state index contributed by atoms with van der Waals surface area (Å²) in [5.41, 5.74) is 4.24. The Balaban J connectivity index is 1.41. The third kappa shape index (κ3) is 5.10. The molecule has 4 aromatic rings. The third-order valence-electron chi connectivity index (χ3n) is 5.71. The maximum atomic E-state index is 6.03. The second-order valence-corrected chi connectivity index (χ2v) is 9.61. The third-order valence-corrected chi connectivity index (χ3v) is 6.84. The second kappa shape index (κ2) is 9.90. The van der Waals surface area contributed by atoms with Crippen LogP contribution < -0.4 is 9.64 Å². The Morgan fingerprint density at radius 1 is 1.00 bits per heavy atom. The molecule has 0 saturated carbocycles. The number of nitrogens with zero attached hydrogens (tertiary/aromatic N) is 6. The first-order chi connectivity index (χ1) is 16.5. The van der Waals surface area contributed by atoms with Gasteiger partial charge in [-0.05, 0) is 32.9 Å². The summed E-state index contributed by atoms with van der Waals surface area (Å²) in [5.74, 6) is 1.50. The molecule has 34 heavy (non-hydrogen) atoms. The minimum Gasteiger partial charge on any atom is -0.463 e. The zero-order chi connectivity index (χ0) is 23.5. The standard InChI is InChI=1S/C25H28N6O2S/c1-17-5-4-6-20(15-17)21-7-9-31(29-21)24-16-23(30-10-13-32-14-11-30)27-25(28-24)33-12-8-22-18(2)26-19(3)34-22/h4-7,9,15-16H,8,10-14H2,1-3H3. The number of anilines is 1. The Kier molecular flexibility index (Phi) is 6.55. The van der Waals surface area contributed by atoms with Crippen LogP contribution in [0.4, 0.5) is 5.82 Å². The van der Waals surface area contributed by atoms with Crippen molar-refractivity contribution >= 4 is 17.2 Å². The molecule has 1 aliphatic heterocycles. The van der Waals surface area contributed by atoms with Crippen molar-refractivity contribution < 1.29 is 9.47 Å². The van der Waals surface area contributed by atoms with Crippen molar-refractivity contribution in [2.24, 2.45) is 0 Å². The average Bonchev–Trinajstić information content (AvgIpc) is 3.46. The van der Waals surface area contributed by atoms with Gasteiger partial charge in [0.15, 0.2) is 5.82 Å². The van der Waals surface area contributed by atoms with E-state index in [2.05, 4.69) is 40.0 Å². The van der Waals surface area contributed by atoms with Crippen LogP contribution in [0.2, 0.25) is 0 Å². The molecule has 0 N–H and O–H groups in total. The van der Waals surface area contributed by atoms with Gasteiger partial charge in [-0.1, -0.05) is 23.8 Å². The smallest absolute Gasteiger partial charge is 0.320 e. The minimum absolute atomic E-state index is 0.352. The van der Waals surface area contributed by atoms with Gasteiger partial charge in [-0.3, -0.25) is 0 Å². The molecule has 0 unspecified atom stereocenters. The predicted molar refractivity (Wildman–Crippen MR) is 133 cm³/mol. The second-order valence-electron chi connectivity index (χ2n) is 8.32. The number of benzene rings is 1. The van der Waals surface area contributed by atoms with Gasteiger partial charge in [0, 0.05) is 42.2 Å². The number of thiazole rings is 1. The fourth-order valence-electron chi connectivity index (χ4n) is 3.99. The van der Waals surface area contributed by atoms with Crippen LogP contribution in [0.15, 0.2) is 42.6 Å². The minimum atomic E-state index is 0.352. The van der Waals surface area contributed by atoms with E-state index in [0.717, 1.165) is 47.3 Å². The van der Waals surface area contributed by atoms with E-state index in [9.17, 15) is 0 Å². The Hall–Kier alpha value is -3.30. The quantitative estimate of drug-likeness (QED) is 0.396. The van der Waals surface area contributed by atoms with Crippen LogP contribution in [0.5, 0.6) is 6.01 Å². The molecule has 3 aromatic heterocycles. The molecular formula is C25H28N6O2S. The van der Waals surface area contributed by atoms with Gasteiger partial charge in [-0.25, -0.2) is 9.67 Å². The van der Waals surface area contributed by atoms with Crippen molar-refractivity contribution in [3.05, 3.63) is 63.7 Å². The Bertz CT molecular complexity index is 1280. The summed E-state index contributed by atoms with van der Waals surface area (Å²) >= 11 is 1.71. The molecule has 1 aliphatic rings. The van der Waals surface area contributed by atoms with Crippen molar-refractivity contribution in [1.82, 2.24) is 24.7 Å². The zero-order valence-corrected chi connectivity index (χ0v) is 20.5. The first-order valence-corrected chi connectivity index (χ1v) is 12.3. The van der Waals surface area contributed by atoms with Gasteiger partial charge in [-0.2, -0.15) is 15.1 Å². The van der Waals surface area contributed by atoms with Crippen molar-refractivity contribution in [1.29, 1.82) is 0 Å². The fraction of sp³-hybridized carbons (Fsp3) is 0.360. The SMILES string of the molecule is Cc1cccc(-c2ccn(-c3cc(N4CCOCC4)nc(OCCc4sc(C)nc4C)n3)n2)c1. The lowest BCUT2D eigenvalue weighted by atomic mass is 10.1. The summed E-state index contributed by atoms with van der Waals surface area (Å²) in [7, 11) is 0. The van der Waals surface area contributed by atoms with Gasteiger partial charge in [0.2, 0.25) is 0 Å². The van der Waals surface area contributed by atoms with Crippen molar-refractivity contribution in [2.45, 2.75) is 27.2 Å². The van der Waals surface area contributed by atoms with E-state index in [0.29, 0.717) is 31.6 Å². The molecule has 1 aromatic carbocycles. The normalized spacial score (nSPS) is 13.9. The Morgan fingerprint density at radius 2 is 1.82 bits per heavy atom. The molecular weight excluding hydrogens is 448 g/mol. The number of rotatable bonds is 7. The molecule has 0 amide bonds. The fourth-order valence-corrected chi connectivity index (χ4v) is 4.91. The lowest BCUT2D eigenvalue weighted by Crippen LogP contribution is -2.37. The van der Waals surface area contributed by atoms with E-state index in [1.165, 1.54) is 10.4 Å². The number of ether oxygens (including phenoxy) is 2. The van der Waals surface area contributed by atoms with E-state index >= 15 is 0 Å². The number of morpholine rings is 1. The van der Waals surface area contributed by atoms with Gasteiger partial charge in [-0.15, -0.1) is 11.3 Å². The number of hydrogen-bond donors (Lipinski definition) is 0. The Morgan fingerprint density at radius 3 is 2.59 bits per heavy atom. The summed E-state index contributed by atoms with van der Waals surface area (Å²) in [5, 5.41) is 5.86. The summed E-state index contributed by atoms with van der Waals surface area (Å²) < 4.78 is 13.3. The number of aromatic nitrogens is 5. The largest absolute Gasteiger partial charge is 0.463 e. The predicted octanol–water partition coefficient (Wildman–Crippen LogP) is 4.17. The molecule has 176 valence electrons. The van der Waals surface area contributed by atoms with Gasteiger partial charge >= 0.3 is 6.01 Å². The van der Waals surface area contributed by atoms with Crippen LogP contribution in [0.25, 0.3) is 17.1 Å². The summed E-state index contributed by atoms with van der Waals surface area (Å²) in [6.07, 6.45) is 2.70. The van der Waals surface area contributed by atoms with Crippen molar-refractivity contribution in [3.63, 3.8) is 0 Å². The molecule has 0 radical (unpaired) electrons. The highest BCUT2D eigenvalue weighted by molar-refractivity contribution is 7.11. The summed E-state index contributed by atoms with van der Waals surface area (Å²) in [6.45, 7) is 9.55. The van der Waals surface area contributed by atoms with E-state index in [4.69, 9.17) is 19.6 Å². The van der Waals surface area contributed by atoms with Crippen LogP contribution >= 0.6 is 11.3 Å². The molecule has 1 saturated heterocycles. The van der Waals surface area contributed by atoms with Crippen LogP contribution in [0, 0.1) is 20.8 Å². The highest BCUT2D eigenvalue weighted by atomic mass is 32.1. The summed E-state index contributed by atoms with van der Waals surface area (Å²) in [4.78, 5) is 17.3.